The molecule has 3 nitrogen and oxygen atoms in total. The van der Waals surface area contributed by atoms with Crippen molar-refractivity contribution in [1.29, 1.82) is 0 Å². The van der Waals surface area contributed by atoms with Crippen LogP contribution in [0.2, 0.25) is 0 Å². The van der Waals surface area contributed by atoms with Crippen LogP contribution in [-0.4, -0.2) is 11.1 Å². The summed E-state index contributed by atoms with van der Waals surface area (Å²) in [6.07, 6.45) is 0. The SMILES string of the molecule is Cc1ccc2ccccc2c1COc1ccccc1C(=O)O. The van der Waals surface area contributed by atoms with Gasteiger partial charge in [0.25, 0.3) is 0 Å². The monoisotopic (exact) mass is 292 g/mol. The molecule has 1 N–H and O–H groups in total. The molecular formula is C19H16O3. The molecule has 3 rings (SSSR count). The number of benzene rings is 3. The lowest BCUT2D eigenvalue weighted by Crippen LogP contribution is -2.04. The number of aryl methyl sites for hydroxylation is 1. The zero-order chi connectivity index (χ0) is 15.5. The maximum atomic E-state index is 11.2. The quantitative estimate of drug-likeness (QED) is 0.774. The Morgan fingerprint density at radius 2 is 1.73 bits per heavy atom. The van der Waals surface area contributed by atoms with Crippen LogP contribution in [0.4, 0.5) is 0 Å². The van der Waals surface area contributed by atoms with Gasteiger partial charge in [0.15, 0.2) is 0 Å². The number of aromatic carboxylic acids is 1. The molecule has 22 heavy (non-hydrogen) atoms. The van der Waals surface area contributed by atoms with Crippen molar-refractivity contribution in [3.63, 3.8) is 0 Å². The fraction of sp³-hybridized carbons (Fsp3) is 0.105. The number of hydrogen-bond acceptors (Lipinski definition) is 2. The highest BCUT2D eigenvalue weighted by molar-refractivity contribution is 5.91. The third-order valence-corrected chi connectivity index (χ3v) is 3.76. The molecule has 3 aromatic rings. The average Bonchev–Trinajstić information content (AvgIpc) is 2.54. The van der Waals surface area contributed by atoms with Gasteiger partial charge in [-0.15, -0.1) is 0 Å². The molecule has 3 heteroatoms. The van der Waals surface area contributed by atoms with Gasteiger partial charge in [0.1, 0.15) is 17.9 Å². The minimum absolute atomic E-state index is 0.181. The molecule has 0 bridgehead atoms. The second kappa shape index (κ2) is 5.90. The summed E-state index contributed by atoms with van der Waals surface area (Å²) in [5.74, 6) is -0.590. The fourth-order valence-electron chi connectivity index (χ4n) is 2.56. The molecule has 110 valence electrons. The number of para-hydroxylation sites is 1. The van der Waals surface area contributed by atoms with E-state index in [1.54, 1.807) is 24.3 Å². The molecule has 0 saturated heterocycles. The van der Waals surface area contributed by atoms with Crippen LogP contribution in [0.15, 0.2) is 60.7 Å². The number of fused-ring (bicyclic) bond motifs is 1. The van der Waals surface area contributed by atoms with Crippen LogP contribution in [0.25, 0.3) is 10.8 Å². The molecule has 3 aromatic carbocycles. The molecule has 0 aliphatic heterocycles. The fourth-order valence-corrected chi connectivity index (χ4v) is 2.56. The smallest absolute Gasteiger partial charge is 0.339 e. The Kier molecular flexibility index (Phi) is 3.79. The Hall–Kier alpha value is -2.81. The Morgan fingerprint density at radius 1 is 1.00 bits per heavy atom. The van der Waals surface area contributed by atoms with Crippen molar-refractivity contribution in [2.75, 3.05) is 0 Å². The lowest BCUT2D eigenvalue weighted by Gasteiger charge is -2.13. The predicted molar refractivity (Wildman–Crippen MR) is 86.4 cm³/mol. The average molecular weight is 292 g/mol. The Labute approximate surface area is 128 Å². The van der Waals surface area contributed by atoms with Gasteiger partial charge in [-0.3, -0.25) is 0 Å². The van der Waals surface area contributed by atoms with Gasteiger partial charge in [0.2, 0.25) is 0 Å². The maximum Gasteiger partial charge on any atom is 0.339 e. The standard InChI is InChI=1S/C19H16O3/c1-13-10-11-14-6-2-3-7-15(14)17(13)12-22-18-9-5-4-8-16(18)19(20)21/h2-11H,12H2,1H3,(H,20,21). The number of carboxylic acid groups (broad SMARTS) is 1. The van der Waals surface area contributed by atoms with E-state index in [0.29, 0.717) is 12.4 Å². The number of rotatable bonds is 4. The van der Waals surface area contributed by atoms with Gasteiger partial charge >= 0.3 is 5.97 Å². The summed E-state index contributed by atoms with van der Waals surface area (Å²) in [7, 11) is 0. The highest BCUT2D eigenvalue weighted by Crippen LogP contribution is 2.25. The van der Waals surface area contributed by atoms with Crippen molar-refractivity contribution in [3.8, 4) is 5.75 Å². The number of hydrogen-bond donors (Lipinski definition) is 1. The first-order valence-electron chi connectivity index (χ1n) is 7.09. The third-order valence-electron chi connectivity index (χ3n) is 3.76. The van der Waals surface area contributed by atoms with E-state index in [2.05, 4.69) is 24.3 Å². The first-order chi connectivity index (χ1) is 10.7. The highest BCUT2D eigenvalue weighted by Gasteiger charge is 2.11. The molecule has 0 aromatic heterocycles. The van der Waals surface area contributed by atoms with Gasteiger partial charge in [-0.05, 0) is 35.4 Å². The van der Waals surface area contributed by atoms with Crippen molar-refractivity contribution in [2.45, 2.75) is 13.5 Å². The van der Waals surface area contributed by atoms with Crippen molar-refractivity contribution in [3.05, 3.63) is 77.4 Å². The van der Waals surface area contributed by atoms with E-state index in [9.17, 15) is 9.90 Å². The summed E-state index contributed by atoms with van der Waals surface area (Å²) < 4.78 is 5.79. The number of carbonyl (C=O) groups is 1. The van der Waals surface area contributed by atoms with E-state index in [1.165, 1.54) is 0 Å². The normalized spacial score (nSPS) is 10.6. The lowest BCUT2D eigenvalue weighted by atomic mass is 10.0. The van der Waals surface area contributed by atoms with E-state index in [0.717, 1.165) is 21.9 Å². The van der Waals surface area contributed by atoms with E-state index < -0.39 is 5.97 Å². The Balaban J connectivity index is 1.95. The maximum absolute atomic E-state index is 11.2. The molecule has 0 aliphatic rings. The van der Waals surface area contributed by atoms with Crippen molar-refractivity contribution >= 4 is 16.7 Å². The van der Waals surface area contributed by atoms with Gasteiger partial charge in [-0.2, -0.15) is 0 Å². The van der Waals surface area contributed by atoms with Crippen LogP contribution >= 0.6 is 0 Å². The minimum Gasteiger partial charge on any atom is -0.488 e. The zero-order valence-corrected chi connectivity index (χ0v) is 12.2. The summed E-state index contributed by atoms with van der Waals surface area (Å²) in [5, 5.41) is 11.5. The third kappa shape index (κ3) is 2.66. The molecule has 0 fully saturated rings. The Bertz CT molecular complexity index is 837. The van der Waals surface area contributed by atoms with E-state index in [4.69, 9.17) is 4.74 Å². The molecule has 0 heterocycles. The molecule has 0 saturated carbocycles. The highest BCUT2D eigenvalue weighted by atomic mass is 16.5. The second-order valence-electron chi connectivity index (χ2n) is 5.17. The van der Waals surface area contributed by atoms with E-state index in [1.807, 2.05) is 19.1 Å². The van der Waals surface area contributed by atoms with Crippen LogP contribution in [0.5, 0.6) is 5.75 Å². The zero-order valence-electron chi connectivity index (χ0n) is 12.2. The molecule has 0 aliphatic carbocycles. The summed E-state index contributed by atoms with van der Waals surface area (Å²) in [6, 6.07) is 19.0. The summed E-state index contributed by atoms with van der Waals surface area (Å²) in [4.78, 5) is 11.2. The first-order valence-corrected chi connectivity index (χ1v) is 7.09. The summed E-state index contributed by atoms with van der Waals surface area (Å²) in [5.41, 5.74) is 2.39. The molecule has 0 spiro atoms. The van der Waals surface area contributed by atoms with Crippen LogP contribution < -0.4 is 4.74 Å². The molecule has 0 amide bonds. The molecule has 0 atom stereocenters. The molecular weight excluding hydrogens is 276 g/mol. The van der Waals surface area contributed by atoms with Gasteiger partial charge in [0.05, 0.1) is 0 Å². The van der Waals surface area contributed by atoms with Crippen LogP contribution in [0.3, 0.4) is 0 Å². The summed E-state index contributed by atoms with van der Waals surface area (Å²) >= 11 is 0. The van der Waals surface area contributed by atoms with Crippen molar-refractivity contribution < 1.29 is 14.6 Å². The van der Waals surface area contributed by atoms with Crippen LogP contribution in [0.1, 0.15) is 21.5 Å². The number of ether oxygens (including phenoxy) is 1. The second-order valence-corrected chi connectivity index (χ2v) is 5.17. The van der Waals surface area contributed by atoms with Crippen molar-refractivity contribution in [2.24, 2.45) is 0 Å². The Morgan fingerprint density at radius 3 is 2.55 bits per heavy atom. The van der Waals surface area contributed by atoms with Gasteiger partial charge < -0.3 is 9.84 Å². The summed E-state index contributed by atoms with van der Waals surface area (Å²) in [6.45, 7) is 2.38. The van der Waals surface area contributed by atoms with Crippen LogP contribution in [0, 0.1) is 6.92 Å². The van der Waals surface area contributed by atoms with Gasteiger partial charge in [-0.25, -0.2) is 4.79 Å². The molecule has 0 unspecified atom stereocenters. The van der Waals surface area contributed by atoms with Gasteiger partial charge in [-0.1, -0.05) is 48.5 Å². The minimum atomic E-state index is -0.981. The lowest BCUT2D eigenvalue weighted by molar-refractivity contribution is 0.0692. The van der Waals surface area contributed by atoms with Crippen molar-refractivity contribution in [1.82, 2.24) is 0 Å². The van der Waals surface area contributed by atoms with E-state index >= 15 is 0 Å². The van der Waals surface area contributed by atoms with Crippen LogP contribution in [-0.2, 0) is 6.61 Å². The molecule has 0 radical (unpaired) electrons. The predicted octanol–water partition coefficient (Wildman–Crippen LogP) is 4.43. The number of carboxylic acids is 1. The first kappa shape index (κ1) is 14.1. The van der Waals surface area contributed by atoms with E-state index in [-0.39, 0.29) is 5.56 Å². The van der Waals surface area contributed by atoms with Gasteiger partial charge in [0, 0.05) is 5.56 Å². The largest absolute Gasteiger partial charge is 0.488 e. The topological polar surface area (TPSA) is 46.5 Å².